The third-order valence-electron chi connectivity index (χ3n) is 4.39. The fourth-order valence-corrected chi connectivity index (χ4v) is 4.72. The lowest BCUT2D eigenvalue weighted by Crippen LogP contribution is -2.46. The summed E-state index contributed by atoms with van der Waals surface area (Å²) in [4.78, 5) is 1.93. The van der Waals surface area contributed by atoms with Gasteiger partial charge in [-0.3, -0.25) is 4.90 Å². The molecule has 4 nitrogen and oxygen atoms in total. The summed E-state index contributed by atoms with van der Waals surface area (Å²) in [6, 6.07) is 6.23. The average molecular weight is 324 g/mol. The highest BCUT2D eigenvalue weighted by Gasteiger charge is 2.35. The smallest absolute Gasteiger partial charge is 0.151 e. The molecule has 0 amide bonds. The van der Waals surface area contributed by atoms with Crippen LogP contribution in [0.4, 0.5) is 4.39 Å². The predicted octanol–water partition coefficient (Wildman–Crippen LogP) is 2.48. The first kappa shape index (κ1) is 16.9. The maximum atomic E-state index is 14.0. The summed E-state index contributed by atoms with van der Waals surface area (Å²) in [6.45, 7) is 0.341. The molecule has 0 bridgehead atoms. The SMILES string of the molecule is CN(Cc1ccc(C#N)cc1F)[C@@H]1CCCC[C@@H]1S(C)(=O)=O. The summed E-state index contributed by atoms with van der Waals surface area (Å²) in [5.74, 6) is -0.419. The minimum Gasteiger partial charge on any atom is -0.298 e. The summed E-state index contributed by atoms with van der Waals surface area (Å²) in [5.41, 5.74) is 0.773. The Labute approximate surface area is 131 Å². The van der Waals surface area contributed by atoms with E-state index < -0.39 is 15.7 Å². The number of nitrogens with zero attached hydrogens (tertiary/aromatic N) is 2. The van der Waals surface area contributed by atoms with Crippen molar-refractivity contribution in [2.45, 2.75) is 43.5 Å². The number of rotatable bonds is 4. The fraction of sp³-hybridized carbons (Fsp3) is 0.562. The van der Waals surface area contributed by atoms with E-state index in [-0.39, 0.29) is 16.9 Å². The first-order chi connectivity index (χ1) is 10.3. The van der Waals surface area contributed by atoms with E-state index in [4.69, 9.17) is 5.26 Å². The number of benzene rings is 1. The molecule has 0 saturated heterocycles. The van der Waals surface area contributed by atoms with Crippen molar-refractivity contribution in [3.8, 4) is 6.07 Å². The Morgan fingerprint density at radius 2 is 2.05 bits per heavy atom. The molecule has 1 fully saturated rings. The molecule has 1 aromatic rings. The zero-order chi connectivity index (χ0) is 16.3. The van der Waals surface area contributed by atoms with Gasteiger partial charge in [-0.15, -0.1) is 0 Å². The van der Waals surface area contributed by atoms with Gasteiger partial charge in [-0.1, -0.05) is 18.9 Å². The van der Waals surface area contributed by atoms with E-state index in [9.17, 15) is 12.8 Å². The number of nitriles is 1. The second-order valence-electron chi connectivity index (χ2n) is 6.05. The minimum atomic E-state index is -3.11. The molecular formula is C16H21FN2O2S. The van der Waals surface area contributed by atoms with Crippen LogP contribution in [-0.2, 0) is 16.4 Å². The van der Waals surface area contributed by atoms with Crippen molar-refractivity contribution >= 4 is 9.84 Å². The van der Waals surface area contributed by atoms with Crippen LogP contribution in [0.5, 0.6) is 0 Å². The van der Waals surface area contributed by atoms with Crippen molar-refractivity contribution in [3.63, 3.8) is 0 Å². The molecule has 0 unspecified atom stereocenters. The van der Waals surface area contributed by atoms with Crippen LogP contribution < -0.4 is 0 Å². The highest BCUT2D eigenvalue weighted by atomic mass is 32.2. The van der Waals surface area contributed by atoms with Crippen molar-refractivity contribution in [3.05, 3.63) is 35.1 Å². The van der Waals surface area contributed by atoms with Gasteiger partial charge in [0.15, 0.2) is 9.84 Å². The molecule has 120 valence electrons. The molecule has 1 aliphatic rings. The van der Waals surface area contributed by atoms with Crippen LogP contribution in [-0.4, -0.2) is 37.9 Å². The Balaban J connectivity index is 2.17. The van der Waals surface area contributed by atoms with Gasteiger partial charge in [0.1, 0.15) is 5.82 Å². The first-order valence-electron chi connectivity index (χ1n) is 7.40. The monoisotopic (exact) mass is 324 g/mol. The number of hydrogen-bond donors (Lipinski definition) is 0. The van der Waals surface area contributed by atoms with Crippen LogP contribution in [0, 0.1) is 17.1 Å². The van der Waals surface area contributed by atoms with Crippen molar-refractivity contribution in [2.24, 2.45) is 0 Å². The zero-order valence-corrected chi connectivity index (χ0v) is 13.7. The molecule has 0 spiro atoms. The summed E-state index contributed by atoms with van der Waals surface area (Å²) < 4.78 is 37.9. The van der Waals surface area contributed by atoms with Gasteiger partial charge >= 0.3 is 0 Å². The quantitative estimate of drug-likeness (QED) is 0.854. The number of hydrogen-bond acceptors (Lipinski definition) is 4. The Morgan fingerprint density at radius 1 is 1.36 bits per heavy atom. The summed E-state index contributed by atoms with van der Waals surface area (Å²) in [6.07, 6.45) is 4.69. The summed E-state index contributed by atoms with van der Waals surface area (Å²) in [5, 5.41) is 8.39. The molecule has 0 radical (unpaired) electrons. The van der Waals surface area contributed by atoms with Gasteiger partial charge in [0.25, 0.3) is 0 Å². The molecule has 0 aliphatic heterocycles. The highest BCUT2D eigenvalue weighted by Crippen LogP contribution is 2.28. The number of sulfone groups is 1. The third kappa shape index (κ3) is 3.84. The molecule has 0 N–H and O–H groups in total. The maximum absolute atomic E-state index is 14.0. The first-order valence-corrected chi connectivity index (χ1v) is 9.36. The lowest BCUT2D eigenvalue weighted by Gasteiger charge is -2.37. The second kappa shape index (κ2) is 6.76. The van der Waals surface area contributed by atoms with E-state index in [1.807, 2.05) is 18.0 Å². The Morgan fingerprint density at radius 3 is 2.64 bits per heavy atom. The second-order valence-corrected chi connectivity index (χ2v) is 8.32. The van der Waals surface area contributed by atoms with Crippen molar-refractivity contribution in [1.29, 1.82) is 5.26 Å². The standard InChI is InChI=1S/C16H21FN2O2S/c1-19(11-13-8-7-12(10-18)9-14(13)17)15-5-3-4-6-16(15)22(2,20)21/h7-9,15-16H,3-6,11H2,1-2H3/t15-,16+/m1/s1. The van der Waals surface area contributed by atoms with Gasteiger partial charge < -0.3 is 0 Å². The Kier molecular flexibility index (Phi) is 5.20. The third-order valence-corrected chi connectivity index (χ3v) is 6.04. The van der Waals surface area contributed by atoms with Crippen LogP contribution in [0.15, 0.2) is 18.2 Å². The molecule has 1 aliphatic carbocycles. The van der Waals surface area contributed by atoms with E-state index in [0.717, 1.165) is 19.3 Å². The van der Waals surface area contributed by atoms with Crippen molar-refractivity contribution in [2.75, 3.05) is 13.3 Å². The number of halogens is 1. The van der Waals surface area contributed by atoms with Gasteiger partial charge in [-0.05, 0) is 32.0 Å². The maximum Gasteiger partial charge on any atom is 0.151 e. The minimum absolute atomic E-state index is 0.0845. The molecule has 0 heterocycles. The Hall–Kier alpha value is -1.45. The predicted molar refractivity (Wildman–Crippen MR) is 83.5 cm³/mol. The zero-order valence-electron chi connectivity index (χ0n) is 12.9. The molecule has 22 heavy (non-hydrogen) atoms. The lowest BCUT2D eigenvalue weighted by atomic mass is 9.93. The molecule has 6 heteroatoms. The molecule has 0 aromatic heterocycles. The van der Waals surface area contributed by atoms with E-state index in [2.05, 4.69) is 0 Å². The topological polar surface area (TPSA) is 61.2 Å². The molecule has 2 rings (SSSR count). The van der Waals surface area contributed by atoms with E-state index in [1.54, 1.807) is 12.1 Å². The molecule has 1 aromatic carbocycles. The van der Waals surface area contributed by atoms with Gasteiger partial charge in [0.2, 0.25) is 0 Å². The lowest BCUT2D eigenvalue weighted by molar-refractivity contribution is 0.185. The van der Waals surface area contributed by atoms with Crippen molar-refractivity contribution < 1.29 is 12.8 Å². The van der Waals surface area contributed by atoms with Crippen LogP contribution in [0.25, 0.3) is 0 Å². The largest absolute Gasteiger partial charge is 0.298 e. The molecule has 1 saturated carbocycles. The van der Waals surface area contributed by atoms with Crippen LogP contribution in [0.1, 0.15) is 36.8 Å². The molecule has 2 atom stereocenters. The van der Waals surface area contributed by atoms with Gasteiger partial charge in [-0.2, -0.15) is 5.26 Å². The van der Waals surface area contributed by atoms with Gasteiger partial charge in [-0.25, -0.2) is 12.8 Å². The van der Waals surface area contributed by atoms with E-state index in [1.165, 1.54) is 12.3 Å². The van der Waals surface area contributed by atoms with E-state index in [0.29, 0.717) is 18.5 Å². The molecular weight excluding hydrogens is 303 g/mol. The summed E-state index contributed by atoms with van der Waals surface area (Å²) in [7, 11) is -1.27. The summed E-state index contributed by atoms with van der Waals surface area (Å²) >= 11 is 0. The normalized spacial score (nSPS) is 22.5. The van der Waals surface area contributed by atoms with Gasteiger partial charge in [0, 0.05) is 24.4 Å². The van der Waals surface area contributed by atoms with Gasteiger partial charge in [0.05, 0.1) is 16.9 Å². The van der Waals surface area contributed by atoms with Crippen LogP contribution in [0.3, 0.4) is 0 Å². The van der Waals surface area contributed by atoms with E-state index >= 15 is 0 Å². The highest BCUT2D eigenvalue weighted by molar-refractivity contribution is 7.91. The fourth-order valence-electron chi connectivity index (χ4n) is 3.21. The average Bonchev–Trinajstić information content (AvgIpc) is 2.48. The van der Waals surface area contributed by atoms with Crippen LogP contribution in [0.2, 0.25) is 0 Å². The van der Waals surface area contributed by atoms with Crippen molar-refractivity contribution in [1.82, 2.24) is 4.90 Å². The van der Waals surface area contributed by atoms with Crippen LogP contribution >= 0.6 is 0 Å². The Bertz CT molecular complexity index is 682.